The molecule has 0 N–H and O–H groups in total. The van der Waals surface area contributed by atoms with Crippen LogP contribution in [0.3, 0.4) is 0 Å². The van der Waals surface area contributed by atoms with Gasteiger partial charge in [-0.15, -0.1) is 0 Å². The van der Waals surface area contributed by atoms with Crippen molar-refractivity contribution in [2.45, 2.75) is 110 Å². The Balaban J connectivity index is 3.05. The fraction of sp³-hybridized carbons (Fsp3) is 0.857. The molecule has 0 aliphatic carbocycles. The molecule has 1 nitrogen and oxygen atoms in total. The molecule has 0 atom stereocenters. The minimum absolute atomic E-state index is 0.553. The van der Waals surface area contributed by atoms with E-state index in [9.17, 15) is 0 Å². The van der Waals surface area contributed by atoms with Crippen LogP contribution in [0.15, 0.2) is 12.7 Å². The summed E-state index contributed by atoms with van der Waals surface area (Å²) in [5, 5.41) is 0.750. The van der Waals surface area contributed by atoms with E-state index in [2.05, 4.69) is 13.5 Å². The van der Waals surface area contributed by atoms with E-state index < -0.39 is 0 Å². The summed E-state index contributed by atoms with van der Waals surface area (Å²) in [7, 11) is 0. The van der Waals surface area contributed by atoms with Gasteiger partial charge in [0.15, 0.2) is 5.05 Å². The van der Waals surface area contributed by atoms with Crippen molar-refractivity contribution in [2.24, 2.45) is 0 Å². The molecule has 136 valence electrons. The molecule has 0 spiro atoms. The molecule has 0 bridgehead atoms. The summed E-state index contributed by atoms with van der Waals surface area (Å²) in [6.45, 7) is 6.46. The van der Waals surface area contributed by atoms with Gasteiger partial charge in [0.25, 0.3) is 0 Å². The molecule has 0 aromatic heterocycles. The lowest BCUT2D eigenvalue weighted by Gasteiger charge is -2.05. The summed E-state index contributed by atoms with van der Waals surface area (Å²) in [6, 6.07) is 0. The molecule has 0 aliphatic heterocycles. The first-order valence-corrected chi connectivity index (χ1v) is 10.5. The van der Waals surface area contributed by atoms with E-state index in [1.807, 2.05) is 0 Å². The summed E-state index contributed by atoms with van der Waals surface area (Å²) in [5.74, 6) is 0. The van der Waals surface area contributed by atoms with Crippen molar-refractivity contribution < 1.29 is 4.74 Å². The summed E-state index contributed by atoms with van der Waals surface area (Å²) in [6.07, 6.45) is 23.6. The molecule has 0 heterocycles. The van der Waals surface area contributed by atoms with Crippen LogP contribution in [-0.2, 0) is 4.74 Å². The van der Waals surface area contributed by atoms with Crippen LogP contribution in [0.4, 0.5) is 0 Å². The Hall–Kier alpha value is -0.370. The molecule has 0 radical (unpaired) electrons. The average molecular weight is 341 g/mol. The Morgan fingerprint density at radius 1 is 0.739 bits per heavy atom. The maximum Gasteiger partial charge on any atom is 0.160 e. The van der Waals surface area contributed by atoms with E-state index in [1.165, 1.54) is 96.3 Å². The summed E-state index contributed by atoms with van der Waals surface area (Å²) in [4.78, 5) is 0. The predicted molar refractivity (Wildman–Crippen MR) is 108 cm³/mol. The van der Waals surface area contributed by atoms with E-state index >= 15 is 0 Å². The number of thiocarbonyl (C=S) groups is 1. The minimum atomic E-state index is 0.553. The van der Waals surface area contributed by atoms with Gasteiger partial charge in [0.2, 0.25) is 0 Å². The van der Waals surface area contributed by atoms with Gasteiger partial charge in [-0.3, -0.25) is 0 Å². The van der Waals surface area contributed by atoms with Gasteiger partial charge in [0, 0.05) is 6.42 Å². The van der Waals surface area contributed by atoms with Crippen molar-refractivity contribution in [3.63, 3.8) is 0 Å². The second kappa shape index (κ2) is 19.7. The molecule has 0 saturated heterocycles. The normalized spacial score (nSPS) is 10.7. The van der Waals surface area contributed by atoms with Crippen molar-refractivity contribution in [3.05, 3.63) is 12.7 Å². The molecular weight excluding hydrogens is 300 g/mol. The fourth-order valence-corrected chi connectivity index (χ4v) is 3.08. The highest BCUT2D eigenvalue weighted by atomic mass is 32.1. The van der Waals surface area contributed by atoms with Gasteiger partial charge in [-0.05, 0) is 18.6 Å². The number of unbranched alkanes of at least 4 members (excludes halogenated alkanes) is 14. The standard InChI is InChI=1S/C21H40OS/c1-3-5-6-7-8-9-10-11-12-13-14-15-16-17-18-19-21(23)22-20-4-2/h4H,2-3,5-20H2,1H3. The van der Waals surface area contributed by atoms with Crippen LogP contribution in [0.2, 0.25) is 0 Å². The maximum absolute atomic E-state index is 5.32. The maximum atomic E-state index is 5.32. The lowest BCUT2D eigenvalue weighted by molar-refractivity contribution is 0.348. The molecule has 0 fully saturated rings. The molecule has 2 heteroatoms. The Morgan fingerprint density at radius 2 is 1.13 bits per heavy atom. The molecule has 0 aromatic carbocycles. The zero-order chi connectivity index (χ0) is 17.0. The Kier molecular flexibility index (Phi) is 19.4. The third-order valence-electron chi connectivity index (χ3n) is 4.35. The molecule has 23 heavy (non-hydrogen) atoms. The third kappa shape index (κ3) is 19.6. The van der Waals surface area contributed by atoms with Gasteiger partial charge in [0.05, 0.1) is 0 Å². The van der Waals surface area contributed by atoms with Gasteiger partial charge in [-0.25, -0.2) is 0 Å². The lowest BCUT2D eigenvalue weighted by Crippen LogP contribution is -2.01. The Bertz CT molecular complexity index is 263. The van der Waals surface area contributed by atoms with Crippen LogP contribution in [0.1, 0.15) is 110 Å². The first kappa shape index (κ1) is 22.6. The van der Waals surface area contributed by atoms with Crippen molar-refractivity contribution in [1.29, 1.82) is 0 Å². The molecule has 0 rings (SSSR count). The molecule has 0 aromatic rings. The largest absolute Gasteiger partial charge is 0.483 e. The van der Waals surface area contributed by atoms with Crippen molar-refractivity contribution in [1.82, 2.24) is 0 Å². The monoisotopic (exact) mass is 340 g/mol. The summed E-state index contributed by atoms with van der Waals surface area (Å²) >= 11 is 5.15. The van der Waals surface area contributed by atoms with Crippen LogP contribution in [-0.4, -0.2) is 11.7 Å². The second-order valence-electron chi connectivity index (χ2n) is 6.67. The number of ether oxygens (including phenoxy) is 1. The zero-order valence-electron chi connectivity index (χ0n) is 15.6. The highest BCUT2D eigenvalue weighted by Gasteiger charge is 1.97. The highest BCUT2D eigenvalue weighted by molar-refractivity contribution is 7.80. The lowest BCUT2D eigenvalue weighted by atomic mass is 10.0. The van der Waals surface area contributed by atoms with E-state index in [1.54, 1.807) is 6.08 Å². The average Bonchev–Trinajstić information content (AvgIpc) is 2.56. The third-order valence-corrected chi connectivity index (χ3v) is 4.67. The van der Waals surface area contributed by atoms with Gasteiger partial charge in [-0.2, -0.15) is 0 Å². The molecular formula is C21H40OS. The van der Waals surface area contributed by atoms with E-state index in [4.69, 9.17) is 17.0 Å². The van der Waals surface area contributed by atoms with Crippen LogP contribution < -0.4 is 0 Å². The predicted octanol–water partition coefficient (Wildman–Crippen LogP) is 7.78. The number of hydrogen-bond acceptors (Lipinski definition) is 2. The van der Waals surface area contributed by atoms with Gasteiger partial charge in [-0.1, -0.05) is 109 Å². The molecule has 0 unspecified atom stereocenters. The van der Waals surface area contributed by atoms with Crippen molar-refractivity contribution in [2.75, 3.05) is 6.61 Å². The highest BCUT2D eigenvalue weighted by Crippen LogP contribution is 2.13. The van der Waals surface area contributed by atoms with Gasteiger partial charge >= 0.3 is 0 Å². The van der Waals surface area contributed by atoms with Crippen molar-refractivity contribution >= 4 is 17.3 Å². The van der Waals surface area contributed by atoms with Gasteiger partial charge in [0.1, 0.15) is 6.61 Å². The molecule has 0 saturated carbocycles. The molecule has 0 aliphatic rings. The smallest absolute Gasteiger partial charge is 0.160 e. The Labute approximate surface area is 151 Å². The van der Waals surface area contributed by atoms with Crippen molar-refractivity contribution in [3.8, 4) is 0 Å². The van der Waals surface area contributed by atoms with Crippen LogP contribution >= 0.6 is 12.2 Å². The Morgan fingerprint density at radius 3 is 1.52 bits per heavy atom. The van der Waals surface area contributed by atoms with Crippen LogP contribution in [0.25, 0.3) is 0 Å². The van der Waals surface area contributed by atoms with Crippen LogP contribution in [0.5, 0.6) is 0 Å². The van der Waals surface area contributed by atoms with Crippen LogP contribution in [0, 0.1) is 0 Å². The first-order chi connectivity index (χ1) is 11.3. The fourth-order valence-electron chi connectivity index (χ4n) is 2.86. The zero-order valence-corrected chi connectivity index (χ0v) is 16.4. The summed E-state index contributed by atoms with van der Waals surface area (Å²) < 4.78 is 5.32. The SMILES string of the molecule is C=CCOC(=S)CCCCCCCCCCCCCCCCC. The van der Waals surface area contributed by atoms with E-state index in [0.29, 0.717) is 6.61 Å². The first-order valence-electron chi connectivity index (χ1n) is 10.1. The minimum Gasteiger partial charge on any atom is -0.483 e. The van der Waals surface area contributed by atoms with E-state index in [0.717, 1.165) is 11.5 Å². The second-order valence-corrected chi connectivity index (χ2v) is 7.13. The summed E-state index contributed by atoms with van der Waals surface area (Å²) in [5.41, 5.74) is 0. The van der Waals surface area contributed by atoms with E-state index in [-0.39, 0.29) is 0 Å². The number of hydrogen-bond donors (Lipinski definition) is 0. The van der Waals surface area contributed by atoms with Gasteiger partial charge < -0.3 is 4.74 Å². The number of rotatable bonds is 18. The topological polar surface area (TPSA) is 9.23 Å². The molecule has 0 amide bonds. The quantitative estimate of drug-likeness (QED) is 0.143.